The van der Waals surface area contributed by atoms with Crippen LogP contribution in [0.4, 0.5) is 11.4 Å². The van der Waals surface area contributed by atoms with Crippen molar-refractivity contribution in [3.63, 3.8) is 0 Å². The fourth-order valence-corrected chi connectivity index (χ4v) is 5.30. The van der Waals surface area contributed by atoms with Crippen molar-refractivity contribution in [2.75, 3.05) is 5.32 Å². The maximum absolute atomic E-state index is 4.56. The van der Waals surface area contributed by atoms with Gasteiger partial charge in [-0.3, -0.25) is 4.98 Å². The molecule has 4 heterocycles. The number of thiophene rings is 2. The molecule has 3 nitrogen and oxygen atoms in total. The number of rotatable bonds is 3. The number of hydrogen-bond acceptors (Lipinski definition) is 4. The lowest BCUT2D eigenvalue weighted by Crippen LogP contribution is -1.90. The minimum Gasteiger partial charge on any atom is -0.359 e. The Labute approximate surface area is 159 Å². The van der Waals surface area contributed by atoms with Gasteiger partial charge in [0.2, 0.25) is 0 Å². The van der Waals surface area contributed by atoms with Gasteiger partial charge in [-0.15, -0.1) is 22.7 Å². The predicted molar refractivity (Wildman–Crippen MR) is 114 cm³/mol. The zero-order chi connectivity index (χ0) is 17.7. The number of benzene rings is 1. The SMILES string of the molecule is Cc1csc(-c2cc3nccc(Nc4ccc5[nH]c(C)cc5c4)c3s2)c1. The number of aromatic nitrogens is 2. The van der Waals surface area contributed by atoms with Crippen molar-refractivity contribution >= 4 is 55.2 Å². The van der Waals surface area contributed by atoms with Crippen molar-refractivity contribution < 1.29 is 0 Å². The van der Waals surface area contributed by atoms with E-state index in [0.717, 1.165) is 16.9 Å². The molecule has 0 fully saturated rings. The molecular formula is C21H17N3S2. The topological polar surface area (TPSA) is 40.7 Å². The van der Waals surface area contributed by atoms with Crippen LogP contribution in [0.1, 0.15) is 11.3 Å². The third kappa shape index (κ3) is 2.69. The van der Waals surface area contributed by atoms with Crippen molar-refractivity contribution in [1.82, 2.24) is 9.97 Å². The van der Waals surface area contributed by atoms with E-state index in [-0.39, 0.29) is 0 Å². The molecule has 0 radical (unpaired) electrons. The van der Waals surface area contributed by atoms with Gasteiger partial charge >= 0.3 is 0 Å². The number of pyridine rings is 1. The molecule has 4 aromatic heterocycles. The summed E-state index contributed by atoms with van der Waals surface area (Å²) in [7, 11) is 0. The monoisotopic (exact) mass is 375 g/mol. The van der Waals surface area contributed by atoms with Gasteiger partial charge in [-0.1, -0.05) is 0 Å². The molecule has 2 N–H and O–H groups in total. The molecule has 0 spiro atoms. The second-order valence-corrected chi connectivity index (χ2v) is 8.51. The molecular weight excluding hydrogens is 358 g/mol. The number of anilines is 2. The summed E-state index contributed by atoms with van der Waals surface area (Å²) in [5.41, 5.74) is 6.89. The van der Waals surface area contributed by atoms with E-state index >= 15 is 0 Å². The van der Waals surface area contributed by atoms with Crippen LogP contribution >= 0.6 is 22.7 Å². The van der Waals surface area contributed by atoms with E-state index in [9.17, 15) is 0 Å². The third-order valence-corrected chi connectivity index (χ3v) is 6.82. The number of fused-ring (bicyclic) bond motifs is 2. The molecule has 5 heteroatoms. The van der Waals surface area contributed by atoms with Crippen LogP contribution in [0.5, 0.6) is 0 Å². The summed E-state index contributed by atoms with van der Waals surface area (Å²) in [5.74, 6) is 0. The molecule has 0 aliphatic carbocycles. The molecule has 26 heavy (non-hydrogen) atoms. The lowest BCUT2D eigenvalue weighted by atomic mass is 10.2. The van der Waals surface area contributed by atoms with Gasteiger partial charge < -0.3 is 10.3 Å². The van der Waals surface area contributed by atoms with Crippen LogP contribution in [0.25, 0.3) is 30.9 Å². The average molecular weight is 376 g/mol. The van der Waals surface area contributed by atoms with Gasteiger partial charge in [0.05, 0.1) is 15.9 Å². The van der Waals surface area contributed by atoms with Crippen molar-refractivity contribution in [2.24, 2.45) is 0 Å². The van der Waals surface area contributed by atoms with Gasteiger partial charge in [-0.25, -0.2) is 0 Å². The predicted octanol–water partition coefficient (Wildman–Crippen LogP) is 6.87. The minimum atomic E-state index is 1.04. The van der Waals surface area contributed by atoms with Crippen LogP contribution in [0, 0.1) is 13.8 Å². The smallest absolute Gasteiger partial charge is 0.0837 e. The van der Waals surface area contributed by atoms with E-state index in [1.54, 1.807) is 22.7 Å². The van der Waals surface area contributed by atoms with E-state index in [1.165, 1.54) is 36.6 Å². The fraction of sp³-hybridized carbons (Fsp3) is 0.0952. The van der Waals surface area contributed by atoms with E-state index in [1.807, 2.05) is 6.20 Å². The van der Waals surface area contributed by atoms with Crippen LogP contribution in [-0.2, 0) is 0 Å². The quantitative estimate of drug-likeness (QED) is 0.361. The van der Waals surface area contributed by atoms with Crippen molar-refractivity contribution in [2.45, 2.75) is 13.8 Å². The van der Waals surface area contributed by atoms with Crippen LogP contribution < -0.4 is 5.32 Å². The van der Waals surface area contributed by atoms with E-state index in [0.29, 0.717) is 0 Å². The Morgan fingerprint density at radius 3 is 2.77 bits per heavy atom. The number of nitrogens with one attached hydrogen (secondary N) is 2. The van der Waals surface area contributed by atoms with Gasteiger partial charge in [-0.05, 0) is 67.3 Å². The van der Waals surface area contributed by atoms with E-state index < -0.39 is 0 Å². The first-order chi connectivity index (χ1) is 12.7. The summed E-state index contributed by atoms with van der Waals surface area (Å²) in [6, 6.07) is 15.1. The van der Waals surface area contributed by atoms with Crippen LogP contribution in [-0.4, -0.2) is 9.97 Å². The number of H-pyrrole nitrogens is 1. The van der Waals surface area contributed by atoms with Crippen molar-refractivity contribution in [3.05, 3.63) is 65.3 Å². The molecule has 0 bridgehead atoms. The van der Waals surface area contributed by atoms with E-state index in [2.05, 4.69) is 77.0 Å². The number of aromatic amines is 1. The fourth-order valence-electron chi connectivity index (χ4n) is 3.23. The Bertz CT molecular complexity index is 1240. The molecule has 128 valence electrons. The molecule has 0 aliphatic heterocycles. The Morgan fingerprint density at radius 2 is 1.92 bits per heavy atom. The lowest BCUT2D eigenvalue weighted by molar-refractivity contribution is 1.30. The second-order valence-electron chi connectivity index (χ2n) is 6.55. The molecule has 0 saturated carbocycles. The van der Waals surface area contributed by atoms with Gasteiger partial charge in [0, 0.05) is 38.2 Å². The zero-order valence-electron chi connectivity index (χ0n) is 14.5. The summed E-state index contributed by atoms with van der Waals surface area (Å²) in [6.45, 7) is 4.22. The van der Waals surface area contributed by atoms with Crippen LogP contribution in [0.15, 0.2) is 54.0 Å². The summed E-state index contributed by atoms with van der Waals surface area (Å²) < 4.78 is 1.19. The first-order valence-electron chi connectivity index (χ1n) is 8.46. The highest BCUT2D eigenvalue weighted by atomic mass is 32.1. The highest BCUT2D eigenvalue weighted by molar-refractivity contribution is 7.26. The summed E-state index contributed by atoms with van der Waals surface area (Å²) in [5, 5.41) is 6.99. The molecule has 0 unspecified atom stereocenters. The largest absolute Gasteiger partial charge is 0.359 e. The molecule has 1 aromatic carbocycles. The maximum Gasteiger partial charge on any atom is 0.0837 e. The summed E-state index contributed by atoms with van der Waals surface area (Å²) in [6.07, 6.45) is 1.87. The number of nitrogens with zero attached hydrogens (tertiary/aromatic N) is 1. The zero-order valence-corrected chi connectivity index (χ0v) is 16.1. The molecule has 0 atom stereocenters. The van der Waals surface area contributed by atoms with Gasteiger partial charge in [-0.2, -0.15) is 0 Å². The molecule has 5 aromatic rings. The number of hydrogen-bond donors (Lipinski definition) is 2. The highest BCUT2D eigenvalue weighted by Gasteiger charge is 2.11. The van der Waals surface area contributed by atoms with Gasteiger partial charge in [0.1, 0.15) is 0 Å². The molecule has 0 amide bonds. The summed E-state index contributed by atoms with van der Waals surface area (Å²) in [4.78, 5) is 10.5. The summed E-state index contributed by atoms with van der Waals surface area (Å²) >= 11 is 3.59. The Balaban J connectivity index is 1.56. The van der Waals surface area contributed by atoms with Crippen molar-refractivity contribution in [3.8, 4) is 9.75 Å². The highest BCUT2D eigenvalue weighted by Crippen LogP contribution is 2.39. The van der Waals surface area contributed by atoms with Crippen LogP contribution in [0.2, 0.25) is 0 Å². The maximum atomic E-state index is 4.56. The normalized spacial score (nSPS) is 11.5. The standard InChI is InChI=1S/C21H17N3S2/c1-12-7-19(25-11-12)20-10-18-21(26-20)17(5-6-22-18)24-15-3-4-16-14(9-15)8-13(2)23-16/h3-11,23H,1-2H3,(H,22,24). The third-order valence-electron chi connectivity index (χ3n) is 4.42. The molecule has 0 saturated heterocycles. The Kier molecular flexibility index (Phi) is 3.58. The van der Waals surface area contributed by atoms with Gasteiger partial charge in [0.15, 0.2) is 0 Å². The van der Waals surface area contributed by atoms with Crippen molar-refractivity contribution in [1.29, 1.82) is 0 Å². The first kappa shape index (κ1) is 15.6. The molecule has 5 rings (SSSR count). The Hall–Kier alpha value is -2.63. The lowest BCUT2D eigenvalue weighted by Gasteiger charge is -2.07. The van der Waals surface area contributed by atoms with E-state index in [4.69, 9.17) is 0 Å². The van der Waals surface area contributed by atoms with Gasteiger partial charge in [0.25, 0.3) is 0 Å². The first-order valence-corrected chi connectivity index (χ1v) is 10.2. The average Bonchev–Trinajstić information content (AvgIpc) is 3.31. The molecule has 0 aliphatic rings. The van der Waals surface area contributed by atoms with Crippen LogP contribution in [0.3, 0.4) is 0 Å². The Morgan fingerprint density at radius 1 is 1.00 bits per heavy atom. The number of aryl methyl sites for hydroxylation is 2. The second kappa shape index (κ2) is 5.97. The minimum absolute atomic E-state index is 1.04.